The van der Waals surface area contributed by atoms with Crippen molar-refractivity contribution in [3.8, 4) is 0 Å². The Morgan fingerprint density at radius 3 is 2.12 bits per heavy atom. The molecule has 0 aromatic rings. The fourth-order valence-corrected chi connectivity index (χ4v) is 13.8. The van der Waals surface area contributed by atoms with E-state index in [-0.39, 0.29) is 47.8 Å². The number of fused-ring (bicyclic) bond motifs is 7. The molecule has 7 aliphatic rings. The fourth-order valence-electron chi connectivity index (χ4n) is 13.8. The summed E-state index contributed by atoms with van der Waals surface area (Å²) in [5, 5.41) is 96.7. The van der Waals surface area contributed by atoms with Gasteiger partial charge in [-0.15, -0.1) is 0 Å². The first-order valence-electron chi connectivity index (χ1n) is 21.0. The van der Waals surface area contributed by atoms with Gasteiger partial charge in [0.2, 0.25) is 0 Å². The quantitative estimate of drug-likeness (QED) is 0.0923. The van der Waals surface area contributed by atoms with Crippen molar-refractivity contribution in [2.75, 3.05) is 26.9 Å². The Morgan fingerprint density at radius 2 is 1.48 bits per heavy atom. The first-order valence-corrected chi connectivity index (χ1v) is 21.0. The van der Waals surface area contributed by atoms with Gasteiger partial charge in [0.15, 0.2) is 12.6 Å². The van der Waals surface area contributed by atoms with E-state index in [2.05, 4.69) is 26.8 Å². The molecule has 2 aliphatic heterocycles. The SMILES string of the molecule is COC(=O)[C@@]1(C)CC[C@]2(C(=O)O)CC[C@]3(C)C(=CC[C@@H]4[C@@]5(C)C[C@H](O)[C@H](O[C@@H]6OC[C@@H](O[C@@H]7O[C@H](CO)[C@@H](O)[C@H](O)[C@H]7O)[C@H](O)[C@H]6O)[C@@](C)(CO)[C@@H]5CC[C@]43C)[C@@H]2C1. The molecule has 58 heavy (non-hydrogen) atoms. The molecule has 0 aromatic heterocycles. The van der Waals surface area contributed by atoms with Crippen LogP contribution in [0.15, 0.2) is 11.6 Å². The van der Waals surface area contributed by atoms with Crippen molar-refractivity contribution in [1.82, 2.24) is 0 Å². The van der Waals surface area contributed by atoms with E-state index in [0.717, 1.165) is 12.0 Å². The van der Waals surface area contributed by atoms with Crippen LogP contribution in [0.4, 0.5) is 0 Å². The average molecular weight is 827 g/mol. The highest BCUT2D eigenvalue weighted by molar-refractivity contribution is 5.80. The van der Waals surface area contributed by atoms with E-state index in [1.54, 1.807) is 0 Å². The maximum absolute atomic E-state index is 13.2. The summed E-state index contributed by atoms with van der Waals surface area (Å²) >= 11 is 0. The lowest BCUT2D eigenvalue weighted by Gasteiger charge is -2.71. The minimum absolute atomic E-state index is 0.0422. The van der Waals surface area contributed by atoms with Gasteiger partial charge in [-0.3, -0.25) is 9.59 Å². The van der Waals surface area contributed by atoms with Crippen molar-refractivity contribution in [3.05, 3.63) is 11.6 Å². The molecule has 0 amide bonds. The fraction of sp³-hybridized carbons (Fsp3) is 0.905. The summed E-state index contributed by atoms with van der Waals surface area (Å²) in [4.78, 5) is 26.2. The first kappa shape index (κ1) is 44.3. The highest BCUT2D eigenvalue weighted by atomic mass is 16.7. The van der Waals surface area contributed by atoms with E-state index in [4.69, 9.17) is 23.7 Å². The Labute approximate surface area is 339 Å². The van der Waals surface area contributed by atoms with Crippen LogP contribution in [-0.4, -0.2) is 152 Å². The zero-order valence-electron chi connectivity index (χ0n) is 34.5. The van der Waals surface area contributed by atoms with E-state index < -0.39 is 102 Å². The third-order valence-corrected chi connectivity index (χ3v) is 17.4. The largest absolute Gasteiger partial charge is 0.481 e. The molecule has 2 heterocycles. The Balaban J connectivity index is 1.11. The van der Waals surface area contributed by atoms with Gasteiger partial charge in [0, 0.05) is 5.41 Å². The second kappa shape index (κ2) is 15.2. The third kappa shape index (κ3) is 6.29. The second-order valence-corrected chi connectivity index (χ2v) is 20.1. The third-order valence-electron chi connectivity index (χ3n) is 17.4. The smallest absolute Gasteiger partial charge is 0.311 e. The van der Waals surface area contributed by atoms with Crippen LogP contribution < -0.4 is 0 Å². The van der Waals surface area contributed by atoms with Gasteiger partial charge in [-0.1, -0.05) is 39.3 Å². The maximum Gasteiger partial charge on any atom is 0.311 e. The Morgan fingerprint density at radius 1 is 0.810 bits per heavy atom. The van der Waals surface area contributed by atoms with Crippen molar-refractivity contribution < 1.29 is 79.2 Å². The second-order valence-electron chi connectivity index (χ2n) is 20.1. The molecular weight excluding hydrogens is 760 g/mol. The van der Waals surface area contributed by atoms with Crippen molar-refractivity contribution in [1.29, 1.82) is 0 Å². The first-order chi connectivity index (χ1) is 27.1. The standard InChI is InChI=1S/C42H66O16/c1-37(36(53)54-6)11-13-42(35(51)52)14-12-40(4)20(21(42)15-37)7-8-26-38(2)16-22(45)32(39(3,19-44)25(38)9-10-41(26,40)5)58-33-30(49)28(47)24(18-55-33)57-34-31(50)29(48)27(46)23(17-43)56-34/h7,21-34,43-50H,8-19H2,1-6H3,(H,51,52)/t21-,22-,23+,24+,25+,26+,27+,28-,29-,30+,31+,32-,33-,34-,37-,38-,39-,40+,41+,42-/m0/s1. The summed E-state index contributed by atoms with van der Waals surface area (Å²) in [6.45, 7) is 9.16. The van der Waals surface area contributed by atoms with Gasteiger partial charge in [0.25, 0.3) is 0 Å². The molecule has 5 aliphatic carbocycles. The number of aliphatic carboxylic acids is 1. The van der Waals surface area contributed by atoms with E-state index in [1.165, 1.54) is 7.11 Å². The number of esters is 1. The van der Waals surface area contributed by atoms with Crippen molar-refractivity contribution in [3.63, 3.8) is 0 Å². The van der Waals surface area contributed by atoms with E-state index >= 15 is 0 Å². The molecule has 2 saturated heterocycles. The molecule has 9 N–H and O–H groups in total. The molecule has 7 rings (SSSR count). The summed E-state index contributed by atoms with van der Waals surface area (Å²) in [7, 11) is 1.38. The molecule has 16 heteroatoms. The molecule has 16 nitrogen and oxygen atoms in total. The normalized spacial score (nSPS) is 54.2. The zero-order valence-corrected chi connectivity index (χ0v) is 34.5. The summed E-state index contributed by atoms with van der Waals surface area (Å²) in [5.74, 6) is -1.57. The number of ether oxygens (including phenoxy) is 5. The molecule has 0 aromatic carbocycles. The van der Waals surface area contributed by atoms with Gasteiger partial charge in [-0.25, -0.2) is 0 Å². The number of hydrogen-bond donors (Lipinski definition) is 9. The molecule has 330 valence electrons. The van der Waals surface area contributed by atoms with Crippen LogP contribution in [0.3, 0.4) is 0 Å². The van der Waals surface area contributed by atoms with Crippen LogP contribution in [0.25, 0.3) is 0 Å². The number of rotatable bonds is 8. The Kier molecular flexibility index (Phi) is 11.6. The van der Waals surface area contributed by atoms with Crippen molar-refractivity contribution in [2.24, 2.45) is 50.2 Å². The number of carboxylic acids is 1. The molecule has 0 radical (unpaired) electrons. The summed E-state index contributed by atoms with van der Waals surface area (Å²) < 4.78 is 28.5. The number of methoxy groups -OCH3 is 1. The van der Waals surface area contributed by atoms with Crippen molar-refractivity contribution in [2.45, 2.75) is 160 Å². The van der Waals surface area contributed by atoms with E-state index in [0.29, 0.717) is 51.4 Å². The van der Waals surface area contributed by atoms with Crippen LogP contribution in [0.2, 0.25) is 0 Å². The molecule has 0 spiro atoms. The molecular formula is C42H66O16. The van der Waals surface area contributed by atoms with Crippen LogP contribution in [0, 0.1) is 50.2 Å². The van der Waals surface area contributed by atoms with E-state index in [9.17, 15) is 55.5 Å². The van der Waals surface area contributed by atoms with Gasteiger partial charge >= 0.3 is 11.9 Å². The van der Waals surface area contributed by atoms with Crippen LogP contribution in [0.5, 0.6) is 0 Å². The number of carboxylic acid groups (broad SMARTS) is 1. The Hall–Kier alpha value is -1.80. The maximum atomic E-state index is 13.2. The summed E-state index contributed by atoms with van der Waals surface area (Å²) in [6.07, 6.45) is -8.96. The molecule has 0 bridgehead atoms. The minimum Gasteiger partial charge on any atom is -0.481 e. The number of allylic oxidation sites excluding steroid dienone is 2. The number of aliphatic hydroxyl groups excluding tert-OH is 8. The minimum atomic E-state index is -1.73. The van der Waals surface area contributed by atoms with Crippen LogP contribution in [-0.2, 0) is 33.3 Å². The molecule has 6 fully saturated rings. The van der Waals surface area contributed by atoms with Crippen LogP contribution in [0.1, 0.15) is 92.4 Å². The number of aliphatic hydroxyl groups is 8. The lowest BCUT2D eigenvalue weighted by atomic mass is 9.33. The number of carbonyl (C=O) groups is 2. The molecule has 20 atom stereocenters. The molecule has 4 saturated carbocycles. The monoisotopic (exact) mass is 826 g/mol. The lowest BCUT2D eigenvalue weighted by molar-refractivity contribution is -0.357. The molecule has 0 unspecified atom stereocenters. The van der Waals surface area contributed by atoms with Gasteiger partial charge in [-0.2, -0.15) is 0 Å². The summed E-state index contributed by atoms with van der Waals surface area (Å²) in [6, 6.07) is 0. The van der Waals surface area contributed by atoms with Gasteiger partial charge < -0.3 is 69.6 Å². The van der Waals surface area contributed by atoms with Gasteiger partial charge in [0.1, 0.15) is 42.7 Å². The van der Waals surface area contributed by atoms with Crippen molar-refractivity contribution >= 4 is 11.9 Å². The van der Waals surface area contributed by atoms with Gasteiger partial charge in [0.05, 0.1) is 50.0 Å². The predicted octanol–water partition coefficient (Wildman–Crippen LogP) is 0.617. The lowest BCUT2D eigenvalue weighted by Crippen LogP contribution is -2.69. The highest BCUT2D eigenvalue weighted by Crippen LogP contribution is 2.76. The van der Waals surface area contributed by atoms with Gasteiger partial charge in [-0.05, 0) is 98.7 Å². The Bertz CT molecular complexity index is 1610. The summed E-state index contributed by atoms with van der Waals surface area (Å²) in [5.41, 5.74) is -2.86. The zero-order chi connectivity index (χ0) is 42.5. The van der Waals surface area contributed by atoms with Crippen LogP contribution >= 0.6 is 0 Å². The topological polar surface area (TPSA) is 262 Å². The van der Waals surface area contributed by atoms with E-state index in [1.807, 2.05) is 13.8 Å². The predicted molar refractivity (Wildman–Crippen MR) is 201 cm³/mol. The number of hydrogen-bond acceptors (Lipinski definition) is 15. The highest BCUT2D eigenvalue weighted by Gasteiger charge is 2.71. The number of carbonyl (C=O) groups excluding carboxylic acids is 1. The average Bonchev–Trinajstić information content (AvgIpc) is 3.18.